The summed E-state index contributed by atoms with van der Waals surface area (Å²) in [7, 11) is 0. The van der Waals surface area contributed by atoms with Crippen LogP contribution in [-0.2, 0) is 12.3 Å². The molecule has 1 N–H and O–H groups in total. The number of aromatic nitrogens is 3. The molecule has 0 atom stereocenters. The van der Waals surface area contributed by atoms with Gasteiger partial charge in [-0.25, -0.2) is 0 Å². The molecule has 0 aliphatic carbocycles. The quantitative estimate of drug-likeness (QED) is 0.275. The zero-order valence-corrected chi connectivity index (χ0v) is 20.6. The minimum absolute atomic E-state index is 0.130. The smallest absolute Gasteiger partial charge is 0.253 e. The van der Waals surface area contributed by atoms with Crippen LogP contribution in [0.1, 0.15) is 27.3 Å². The van der Waals surface area contributed by atoms with Gasteiger partial charge in [0.2, 0.25) is 0 Å². The van der Waals surface area contributed by atoms with Crippen molar-refractivity contribution in [1.29, 1.82) is 0 Å². The summed E-state index contributed by atoms with van der Waals surface area (Å²) in [4.78, 5) is 12.7. The van der Waals surface area contributed by atoms with Crippen LogP contribution in [0.3, 0.4) is 0 Å². The molecule has 3 aromatic carbocycles. The Morgan fingerprint density at radius 1 is 0.970 bits per heavy atom. The summed E-state index contributed by atoms with van der Waals surface area (Å²) in [5.74, 6) is 0.919. The molecule has 0 radical (unpaired) electrons. The first-order chi connectivity index (χ1) is 15.9. The summed E-state index contributed by atoms with van der Waals surface area (Å²) >= 11 is 20.4. The third kappa shape index (κ3) is 5.53. The highest BCUT2D eigenvalue weighted by molar-refractivity contribution is 7.98. The van der Waals surface area contributed by atoms with Crippen LogP contribution >= 0.6 is 46.6 Å². The molecule has 4 aromatic rings. The second-order valence-corrected chi connectivity index (χ2v) is 9.40. The number of benzene rings is 3. The van der Waals surface area contributed by atoms with E-state index >= 15 is 0 Å². The number of amides is 1. The zero-order valence-electron chi connectivity index (χ0n) is 17.6. The highest BCUT2D eigenvalue weighted by atomic mass is 35.5. The highest BCUT2D eigenvalue weighted by Gasteiger charge is 2.19. The van der Waals surface area contributed by atoms with E-state index < -0.39 is 0 Å². The van der Waals surface area contributed by atoms with E-state index in [-0.39, 0.29) is 12.5 Å². The van der Waals surface area contributed by atoms with Crippen LogP contribution in [0.4, 0.5) is 0 Å². The number of hydrogen-bond acceptors (Lipinski definition) is 4. The van der Waals surface area contributed by atoms with Crippen molar-refractivity contribution in [2.24, 2.45) is 0 Å². The Kier molecular flexibility index (Phi) is 7.60. The molecule has 0 fully saturated rings. The number of carbonyl (C=O) groups is 1. The van der Waals surface area contributed by atoms with Crippen LogP contribution in [0.5, 0.6) is 0 Å². The molecule has 1 amide bonds. The monoisotopic (exact) mass is 516 g/mol. The van der Waals surface area contributed by atoms with Crippen molar-refractivity contribution in [1.82, 2.24) is 20.1 Å². The number of nitrogens with zero attached hydrogens (tertiary/aromatic N) is 3. The lowest BCUT2D eigenvalue weighted by molar-refractivity contribution is 0.0950. The predicted octanol–water partition coefficient (Wildman–Crippen LogP) is 6.76. The standard InChI is InChI=1S/C24H19Cl3N4OS/c1-15-6-2-3-7-16(15)14-33-24-30-29-22(31(24)21-12-17(25)10-11-20(21)27)13-28-23(32)18-8-4-5-9-19(18)26/h2-12H,13-14H2,1H3,(H,28,32). The fourth-order valence-corrected chi connectivity index (χ4v) is 4.85. The Bertz CT molecular complexity index is 1310. The van der Waals surface area contributed by atoms with Crippen LogP contribution in [0, 0.1) is 6.92 Å². The second kappa shape index (κ2) is 10.6. The van der Waals surface area contributed by atoms with Gasteiger partial charge in [0.15, 0.2) is 11.0 Å². The molecule has 33 heavy (non-hydrogen) atoms. The summed E-state index contributed by atoms with van der Waals surface area (Å²) in [5, 5.41) is 13.6. The number of hydrogen-bond donors (Lipinski definition) is 1. The lowest BCUT2D eigenvalue weighted by atomic mass is 10.1. The van der Waals surface area contributed by atoms with Gasteiger partial charge in [-0.3, -0.25) is 9.36 Å². The van der Waals surface area contributed by atoms with Crippen LogP contribution in [0.25, 0.3) is 5.69 Å². The van der Waals surface area contributed by atoms with Gasteiger partial charge in [0, 0.05) is 10.8 Å². The summed E-state index contributed by atoms with van der Waals surface area (Å²) in [6.07, 6.45) is 0. The first-order valence-corrected chi connectivity index (χ1v) is 12.2. The summed E-state index contributed by atoms with van der Waals surface area (Å²) < 4.78 is 1.82. The topological polar surface area (TPSA) is 59.8 Å². The molecule has 0 unspecified atom stereocenters. The SMILES string of the molecule is Cc1ccccc1CSc1nnc(CNC(=O)c2ccccc2Cl)n1-c1cc(Cl)ccc1Cl. The predicted molar refractivity (Wildman–Crippen MR) is 135 cm³/mol. The summed E-state index contributed by atoms with van der Waals surface area (Å²) in [6.45, 7) is 2.20. The van der Waals surface area contributed by atoms with E-state index in [2.05, 4.69) is 34.6 Å². The maximum absolute atomic E-state index is 12.7. The molecule has 9 heteroatoms. The van der Waals surface area contributed by atoms with Gasteiger partial charge in [0.05, 0.1) is 27.8 Å². The van der Waals surface area contributed by atoms with Crippen molar-refractivity contribution >= 4 is 52.5 Å². The summed E-state index contributed by atoms with van der Waals surface area (Å²) in [5.41, 5.74) is 3.43. The molecule has 1 heterocycles. The third-order valence-electron chi connectivity index (χ3n) is 4.99. The first kappa shape index (κ1) is 23.6. The van der Waals surface area contributed by atoms with Crippen molar-refractivity contribution in [3.63, 3.8) is 0 Å². The van der Waals surface area contributed by atoms with E-state index in [4.69, 9.17) is 34.8 Å². The van der Waals surface area contributed by atoms with Crippen molar-refractivity contribution in [2.45, 2.75) is 24.4 Å². The Morgan fingerprint density at radius 2 is 1.73 bits per heavy atom. The van der Waals surface area contributed by atoms with Crippen molar-refractivity contribution in [3.8, 4) is 5.69 Å². The van der Waals surface area contributed by atoms with Crippen LogP contribution in [0.2, 0.25) is 15.1 Å². The largest absolute Gasteiger partial charge is 0.345 e. The average Bonchev–Trinajstić information content (AvgIpc) is 3.21. The molecule has 0 bridgehead atoms. The number of halogens is 3. The van der Waals surface area contributed by atoms with E-state index in [0.29, 0.717) is 43.1 Å². The molecule has 4 rings (SSSR count). The molecular formula is C24H19Cl3N4OS. The molecule has 0 saturated heterocycles. The lowest BCUT2D eigenvalue weighted by Crippen LogP contribution is -2.25. The van der Waals surface area contributed by atoms with Gasteiger partial charge in [-0.1, -0.05) is 83.0 Å². The van der Waals surface area contributed by atoms with Gasteiger partial charge >= 0.3 is 0 Å². The van der Waals surface area contributed by atoms with E-state index in [1.165, 1.54) is 22.9 Å². The average molecular weight is 518 g/mol. The minimum atomic E-state index is -0.304. The Labute approximate surface area is 211 Å². The number of aryl methyl sites for hydroxylation is 1. The molecule has 168 valence electrons. The normalized spacial score (nSPS) is 10.9. The highest BCUT2D eigenvalue weighted by Crippen LogP contribution is 2.31. The van der Waals surface area contributed by atoms with E-state index in [1.807, 2.05) is 16.7 Å². The number of carbonyl (C=O) groups excluding carboxylic acids is 1. The van der Waals surface area contributed by atoms with Gasteiger partial charge in [0.25, 0.3) is 5.91 Å². The number of rotatable bonds is 7. The zero-order chi connectivity index (χ0) is 23.4. The van der Waals surface area contributed by atoms with Gasteiger partial charge in [-0.2, -0.15) is 0 Å². The molecule has 0 spiro atoms. The van der Waals surface area contributed by atoms with Gasteiger partial charge in [-0.05, 0) is 48.4 Å². The van der Waals surface area contributed by atoms with Gasteiger partial charge in [-0.15, -0.1) is 10.2 Å². The minimum Gasteiger partial charge on any atom is -0.345 e. The van der Waals surface area contributed by atoms with Crippen molar-refractivity contribution in [3.05, 3.63) is 104 Å². The maximum Gasteiger partial charge on any atom is 0.253 e. The Balaban J connectivity index is 1.64. The maximum atomic E-state index is 12.7. The van der Waals surface area contributed by atoms with Crippen LogP contribution in [-0.4, -0.2) is 20.7 Å². The molecule has 0 aliphatic rings. The fraction of sp³-hybridized carbons (Fsp3) is 0.125. The van der Waals surface area contributed by atoms with Gasteiger partial charge < -0.3 is 5.32 Å². The number of nitrogens with one attached hydrogen (secondary N) is 1. The molecular weight excluding hydrogens is 499 g/mol. The lowest BCUT2D eigenvalue weighted by Gasteiger charge is -2.13. The third-order valence-corrected chi connectivity index (χ3v) is 6.86. The van der Waals surface area contributed by atoms with E-state index in [1.54, 1.807) is 42.5 Å². The molecule has 1 aromatic heterocycles. The molecule has 5 nitrogen and oxygen atoms in total. The van der Waals surface area contributed by atoms with Gasteiger partial charge in [0.1, 0.15) is 0 Å². The van der Waals surface area contributed by atoms with E-state index in [9.17, 15) is 4.79 Å². The Hall–Kier alpha value is -2.51. The van der Waals surface area contributed by atoms with Crippen LogP contribution < -0.4 is 5.32 Å². The van der Waals surface area contributed by atoms with Crippen LogP contribution in [0.15, 0.2) is 71.9 Å². The fourth-order valence-electron chi connectivity index (χ4n) is 3.22. The first-order valence-electron chi connectivity index (χ1n) is 10.0. The van der Waals surface area contributed by atoms with Crippen molar-refractivity contribution < 1.29 is 4.79 Å². The van der Waals surface area contributed by atoms with E-state index in [0.717, 1.165) is 0 Å². The van der Waals surface area contributed by atoms with Crippen molar-refractivity contribution in [2.75, 3.05) is 0 Å². The Morgan fingerprint density at radius 3 is 2.52 bits per heavy atom. The molecule has 0 aliphatic heterocycles. The number of thioether (sulfide) groups is 1. The second-order valence-electron chi connectivity index (χ2n) is 7.21. The molecule has 0 saturated carbocycles. The summed E-state index contributed by atoms with van der Waals surface area (Å²) in [6, 6.07) is 20.2.